The Hall–Kier alpha value is -2.66. The number of sulfonamides is 1. The van der Waals surface area contributed by atoms with Crippen LogP contribution in [0.15, 0.2) is 47.4 Å². The highest BCUT2D eigenvalue weighted by Crippen LogP contribution is 2.36. The molecule has 10 heteroatoms. The first-order chi connectivity index (χ1) is 16.3. The lowest BCUT2D eigenvalue weighted by molar-refractivity contribution is 0.0730. The van der Waals surface area contributed by atoms with Crippen LogP contribution in [-0.4, -0.2) is 54.7 Å². The molecule has 0 bridgehead atoms. The first kappa shape index (κ1) is 23.1. The van der Waals surface area contributed by atoms with Gasteiger partial charge in [-0.05, 0) is 61.4 Å². The summed E-state index contributed by atoms with van der Waals surface area (Å²) in [6.45, 7) is 5.54. The van der Waals surface area contributed by atoms with Gasteiger partial charge in [0.05, 0.1) is 29.5 Å². The van der Waals surface area contributed by atoms with Gasteiger partial charge in [0.25, 0.3) is 5.91 Å². The van der Waals surface area contributed by atoms with E-state index in [9.17, 15) is 13.2 Å². The van der Waals surface area contributed by atoms with E-state index in [4.69, 9.17) is 9.84 Å². The monoisotopic (exact) mass is 498 g/mol. The Kier molecular flexibility index (Phi) is 6.24. The SMILES string of the molecule is Cc1ccc(-n2nc3c(c2NC(=O)c2ccc(S(=O)(=O)N4CCOCC4)cc2)CSC3)cc1C. The smallest absolute Gasteiger partial charge is 0.256 e. The second-order valence-electron chi connectivity index (χ2n) is 8.44. The molecule has 1 N–H and O–H groups in total. The predicted octanol–water partition coefficient (Wildman–Crippen LogP) is 3.51. The van der Waals surface area contributed by atoms with Crippen LogP contribution in [0.2, 0.25) is 0 Å². The first-order valence-corrected chi connectivity index (χ1v) is 13.7. The van der Waals surface area contributed by atoms with Crippen molar-refractivity contribution in [2.75, 3.05) is 31.6 Å². The van der Waals surface area contributed by atoms with Crippen molar-refractivity contribution >= 4 is 33.5 Å². The average molecular weight is 499 g/mol. The van der Waals surface area contributed by atoms with Crippen LogP contribution >= 0.6 is 11.8 Å². The number of thioether (sulfide) groups is 1. The third-order valence-electron chi connectivity index (χ3n) is 6.24. The standard InChI is InChI=1S/C24H26N4O4S2/c1-16-3-6-19(13-17(16)2)28-23(21-14-33-15-22(21)26-28)25-24(29)18-4-7-20(8-5-18)34(30,31)27-9-11-32-12-10-27/h3-8,13H,9-12,14-15H2,1-2H3,(H,25,29). The molecule has 2 aliphatic heterocycles. The first-order valence-electron chi connectivity index (χ1n) is 11.1. The van der Waals surface area contributed by atoms with E-state index in [0.29, 0.717) is 37.7 Å². The zero-order chi connectivity index (χ0) is 23.9. The normalized spacial score (nSPS) is 16.4. The number of benzene rings is 2. The maximum Gasteiger partial charge on any atom is 0.256 e. The quantitative estimate of drug-likeness (QED) is 0.579. The Labute approximate surface area is 203 Å². The summed E-state index contributed by atoms with van der Waals surface area (Å²) in [5.41, 5.74) is 5.63. The minimum absolute atomic E-state index is 0.170. The average Bonchev–Trinajstić information content (AvgIpc) is 3.44. The number of morpholine rings is 1. The minimum atomic E-state index is -3.61. The van der Waals surface area contributed by atoms with E-state index >= 15 is 0 Å². The van der Waals surface area contributed by atoms with Gasteiger partial charge in [-0.2, -0.15) is 21.2 Å². The van der Waals surface area contributed by atoms with Crippen LogP contribution in [0.25, 0.3) is 5.69 Å². The summed E-state index contributed by atoms with van der Waals surface area (Å²) in [6, 6.07) is 12.2. The van der Waals surface area contributed by atoms with E-state index < -0.39 is 10.0 Å². The molecule has 1 aromatic heterocycles. The molecule has 34 heavy (non-hydrogen) atoms. The molecule has 1 amide bonds. The second kappa shape index (κ2) is 9.18. The number of aryl methyl sites for hydroxylation is 2. The summed E-state index contributed by atoms with van der Waals surface area (Å²) in [4.78, 5) is 13.3. The van der Waals surface area contributed by atoms with Gasteiger partial charge in [0.2, 0.25) is 10.0 Å². The number of carbonyl (C=O) groups excluding carboxylic acids is 1. The van der Waals surface area contributed by atoms with Crippen molar-refractivity contribution in [3.05, 3.63) is 70.4 Å². The van der Waals surface area contributed by atoms with Crippen LogP contribution in [0.5, 0.6) is 0 Å². The number of rotatable bonds is 5. The molecular formula is C24H26N4O4S2. The molecule has 0 atom stereocenters. The lowest BCUT2D eigenvalue weighted by atomic mass is 10.1. The van der Waals surface area contributed by atoms with Gasteiger partial charge in [0.1, 0.15) is 5.82 Å². The molecular weight excluding hydrogens is 472 g/mol. The number of hydrogen-bond donors (Lipinski definition) is 1. The van der Waals surface area contributed by atoms with Crippen molar-refractivity contribution in [2.45, 2.75) is 30.2 Å². The zero-order valence-electron chi connectivity index (χ0n) is 19.1. The Morgan fingerprint density at radius 3 is 2.47 bits per heavy atom. The summed E-state index contributed by atoms with van der Waals surface area (Å²) < 4.78 is 34.2. The Bertz CT molecular complexity index is 1340. The lowest BCUT2D eigenvalue weighted by Gasteiger charge is -2.26. The van der Waals surface area contributed by atoms with E-state index in [1.165, 1.54) is 22.0 Å². The summed E-state index contributed by atoms with van der Waals surface area (Å²) in [5.74, 6) is 1.95. The molecule has 0 saturated carbocycles. The van der Waals surface area contributed by atoms with Crippen LogP contribution < -0.4 is 5.32 Å². The van der Waals surface area contributed by atoms with Crippen molar-refractivity contribution in [2.24, 2.45) is 0 Å². The number of ether oxygens (including phenoxy) is 1. The maximum absolute atomic E-state index is 13.1. The van der Waals surface area contributed by atoms with Crippen LogP contribution in [0, 0.1) is 13.8 Å². The fraction of sp³-hybridized carbons (Fsp3) is 0.333. The van der Waals surface area contributed by atoms with Crippen molar-refractivity contribution < 1.29 is 17.9 Å². The van der Waals surface area contributed by atoms with Crippen LogP contribution in [0.1, 0.15) is 32.7 Å². The van der Waals surface area contributed by atoms with Crippen LogP contribution in [-0.2, 0) is 26.3 Å². The number of hydrogen-bond acceptors (Lipinski definition) is 6. The number of amides is 1. The highest BCUT2D eigenvalue weighted by atomic mass is 32.2. The number of nitrogens with one attached hydrogen (secondary N) is 1. The third-order valence-corrected chi connectivity index (χ3v) is 9.13. The van der Waals surface area contributed by atoms with Crippen molar-refractivity contribution in [3.63, 3.8) is 0 Å². The fourth-order valence-electron chi connectivity index (χ4n) is 4.08. The van der Waals surface area contributed by atoms with Gasteiger partial charge in [-0.25, -0.2) is 13.1 Å². The summed E-state index contributed by atoms with van der Waals surface area (Å²) >= 11 is 1.77. The van der Waals surface area contributed by atoms with E-state index in [1.54, 1.807) is 28.6 Å². The van der Waals surface area contributed by atoms with Gasteiger partial charge in [-0.1, -0.05) is 6.07 Å². The molecule has 2 aliphatic rings. The van der Waals surface area contributed by atoms with Crippen LogP contribution in [0.4, 0.5) is 5.82 Å². The van der Waals surface area contributed by atoms with Gasteiger partial charge in [0.15, 0.2) is 0 Å². The molecule has 1 saturated heterocycles. The summed E-state index contributed by atoms with van der Waals surface area (Å²) in [6.07, 6.45) is 0. The number of carbonyl (C=O) groups is 1. The number of fused-ring (bicyclic) bond motifs is 1. The summed E-state index contributed by atoms with van der Waals surface area (Å²) in [7, 11) is -3.61. The van der Waals surface area contributed by atoms with Crippen LogP contribution in [0.3, 0.4) is 0 Å². The molecule has 3 heterocycles. The Morgan fingerprint density at radius 1 is 1.03 bits per heavy atom. The molecule has 2 aromatic carbocycles. The van der Waals surface area contributed by atoms with E-state index in [-0.39, 0.29) is 10.8 Å². The van der Waals surface area contributed by atoms with E-state index in [1.807, 2.05) is 12.1 Å². The highest BCUT2D eigenvalue weighted by molar-refractivity contribution is 7.98. The fourth-order valence-corrected chi connectivity index (χ4v) is 6.52. The molecule has 0 aliphatic carbocycles. The molecule has 0 spiro atoms. The number of nitrogens with zero attached hydrogens (tertiary/aromatic N) is 3. The largest absolute Gasteiger partial charge is 0.379 e. The lowest BCUT2D eigenvalue weighted by Crippen LogP contribution is -2.40. The highest BCUT2D eigenvalue weighted by Gasteiger charge is 2.27. The van der Waals surface area contributed by atoms with Crippen molar-refractivity contribution in [3.8, 4) is 5.69 Å². The van der Waals surface area contributed by atoms with Gasteiger partial charge < -0.3 is 10.1 Å². The molecule has 8 nitrogen and oxygen atoms in total. The molecule has 1 fully saturated rings. The predicted molar refractivity (Wildman–Crippen MR) is 132 cm³/mol. The van der Waals surface area contributed by atoms with Gasteiger partial charge in [-0.3, -0.25) is 4.79 Å². The van der Waals surface area contributed by atoms with Crippen molar-refractivity contribution in [1.82, 2.24) is 14.1 Å². The second-order valence-corrected chi connectivity index (χ2v) is 11.4. The van der Waals surface area contributed by atoms with Crippen molar-refractivity contribution in [1.29, 1.82) is 0 Å². The van der Waals surface area contributed by atoms with Gasteiger partial charge in [0, 0.05) is 35.7 Å². The Balaban J connectivity index is 1.41. The maximum atomic E-state index is 13.1. The summed E-state index contributed by atoms with van der Waals surface area (Å²) in [5, 5.41) is 7.80. The molecule has 0 radical (unpaired) electrons. The molecule has 0 unspecified atom stereocenters. The number of aromatic nitrogens is 2. The molecule has 5 rings (SSSR count). The minimum Gasteiger partial charge on any atom is -0.379 e. The Morgan fingerprint density at radius 2 is 1.76 bits per heavy atom. The van der Waals surface area contributed by atoms with Gasteiger partial charge in [-0.15, -0.1) is 0 Å². The van der Waals surface area contributed by atoms with E-state index in [0.717, 1.165) is 34.0 Å². The van der Waals surface area contributed by atoms with E-state index in [2.05, 4.69) is 25.2 Å². The van der Waals surface area contributed by atoms with Gasteiger partial charge >= 0.3 is 0 Å². The molecule has 3 aromatic rings. The third kappa shape index (κ3) is 4.26. The molecule has 178 valence electrons. The zero-order valence-corrected chi connectivity index (χ0v) is 20.7. The number of anilines is 1. The topological polar surface area (TPSA) is 93.5 Å².